The molecule has 1 aromatic carbocycles. The smallest absolute Gasteiger partial charge is 0.334 e. The molecule has 4 heteroatoms. The normalized spacial score (nSPS) is 20.9. The van der Waals surface area contributed by atoms with Crippen LogP contribution >= 0.6 is 11.6 Å². The standard InChI is InChI=1S/C14H15ClO3/c1-9(10-3-5-11(15)6-4-10)13-7-12(17-2)8-14(16)18-13/h3-6,8-9,13H,7H2,1-2H3. The molecule has 0 spiro atoms. The van der Waals surface area contributed by atoms with Crippen LogP contribution in [0.15, 0.2) is 36.1 Å². The SMILES string of the molecule is COC1=CC(=O)OC(C(C)c2ccc(Cl)cc2)C1. The van der Waals surface area contributed by atoms with Crippen LogP contribution in [0.4, 0.5) is 0 Å². The number of esters is 1. The summed E-state index contributed by atoms with van der Waals surface area (Å²) in [7, 11) is 1.56. The predicted octanol–water partition coefficient (Wildman–Crippen LogP) is 3.29. The molecule has 1 aromatic rings. The number of benzene rings is 1. The number of ether oxygens (including phenoxy) is 2. The molecular formula is C14H15ClO3. The molecule has 0 N–H and O–H groups in total. The molecule has 3 nitrogen and oxygen atoms in total. The van der Waals surface area contributed by atoms with E-state index in [1.807, 2.05) is 31.2 Å². The molecule has 0 bridgehead atoms. The molecule has 18 heavy (non-hydrogen) atoms. The number of cyclic esters (lactones) is 1. The van der Waals surface area contributed by atoms with Gasteiger partial charge in [0.1, 0.15) is 11.9 Å². The van der Waals surface area contributed by atoms with Gasteiger partial charge in [0.15, 0.2) is 0 Å². The molecule has 0 fully saturated rings. The number of halogens is 1. The van der Waals surface area contributed by atoms with Crippen molar-refractivity contribution in [1.29, 1.82) is 0 Å². The van der Waals surface area contributed by atoms with E-state index in [0.29, 0.717) is 17.2 Å². The third kappa shape index (κ3) is 2.85. The van der Waals surface area contributed by atoms with Crippen molar-refractivity contribution in [3.63, 3.8) is 0 Å². The lowest BCUT2D eigenvalue weighted by atomic mass is 9.92. The van der Waals surface area contributed by atoms with Gasteiger partial charge < -0.3 is 9.47 Å². The number of hydrogen-bond acceptors (Lipinski definition) is 3. The first kappa shape index (κ1) is 13.0. The largest absolute Gasteiger partial charge is 0.501 e. The van der Waals surface area contributed by atoms with Crippen molar-refractivity contribution in [3.05, 3.63) is 46.7 Å². The number of methoxy groups -OCH3 is 1. The molecule has 2 atom stereocenters. The van der Waals surface area contributed by atoms with Crippen molar-refractivity contribution in [3.8, 4) is 0 Å². The number of carbonyl (C=O) groups is 1. The van der Waals surface area contributed by atoms with Gasteiger partial charge in [-0.05, 0) is 17.7 Å². The quantitative estimate of drug-likeness (QED) is 0.788. The molecule has 0 amide bonds. The second-order valence-electron chi connectivity index (χ2n) is 4.33. The van der Waals surface area contributed by atoms with E-state index >= 15 is 0 Å². The topological polar surface area (TPSA) is 35.5 Å². The summed E-state index contributed by atoms with van der Waals surface area (Å²) in [4.78, 5) is 11.4. The fourth-order valence-electron chi connectivity index (χ4n) is 2.02. The van der Waals surface area contributed by atoms with E-state index in [4.69, 9.17) is 21.1 Å². The molecule has 0 aliphatic carbocycles. The van der Waals surface area contributed by atoms with E-state index in [2.05, 4.69) is 0 Å². The molecule has 2 unspecified atom stereocenters. The Hall–Kier alpha value is -1.48. The molecule has 0 aromatic heterocycles. The van der Waals surface area contributed by atoms with Crippen LogP contribution in [-0.2, 0) is 14.3 Å². The summed E-state index contributed by atoms with van der Waals surface area (Å²) in [6.45, 7) is 2.03. The zero-order valence-electron chi connectivity index (χ0n) is 10.4. The monoisotopic (exact) mass is 266 g/mol. The lowest BCUT2D eigenvalue weighted by molar-refractivity contribution is -0.146. The number of rotatable bonds is 3. The molecule has 0 radical (unpaired) electrons. The Morgan fingerprint density at radius 3 is 2.67 bits per heavy atom. The van der Waals surface area contributed by atoms with Crippen molar-refractivity contribution < 1.29 is 14.3 Å². The lowest BCUT2D eigenvalue weighted by Gasteiger charge is -2.27. The van der Waals surface area contributed by atoms with Crippen molar-refractivity contribution >= 4 is 17.6 Å². The Kier molecular flexibility index (Phi) is 3.92. The summed E-state index contributed by atoms with van der Waals surface area (Å²) in [6.07, 6.45) is 1.80. The Morgan fingerprint density at radius 2 is 2.06 bits per heavy atom. The van der Waals surface area contributed by atoms with Gasteiger partial charge in [0.2, 0.25) is 0 Å². The Balaban J connectivity index is 2.14. The minimum atomic E-state index is -0.344. The second-order valence-corrected chi connectivity index (χ2v) is 4.77. The third-order valence-corrected chi connectivity index (χ3v) is 3.42. The maximum absolute atomic E-state index is 11.4. The van der Waals surface area contributed by atoms with E-state index in [9.17, 15) is 4.79 Å². The highest BCUT2D eigenvalue weighted by Crippen LogP contribution is 2.29. The first-order valence-electron chi connectivity index (χ1n) is 5.81. The van der Waals surface area contributed by atoms with Crippen LogP contribution in [0.3, 0.4) is 0 Å². The van der Waals surface area contributed by atoms with Gasteiger partial charge in [0.05, 0.1) is 13.2 Å². The van der Waals surface area contributed by atoms with Crippen LogP contribution in [0.5, 0.6) is 0 Å². The van der Waals surface area contributed by atoms with Gasteiger partial charge in [-0.3, -0.25) is 0 Å². The summed E-state index contributed by atoms with van der Waals surface area (Å²) < 4.78 is 10.5. The highest BCUT2D eigenvalue weighted by molar-refractivity contribution is 6.30. The average molecular weight is 267 g/mol. The number of carbonyl (C=O) groups excluding carboxylic acids is 1. The van der Waals surface area contributed by atoms with Crippen molar-refractivity contribution in [2.45, 2.75) is 25.4 Å². The summed E-state index contributed by atoms with van der Waals surface area (Å²) in [5, 5.41) is 0.698. The van der Waals surface area contributed by atoms with E-state index in [1.165, 1.54) is 6.08 Å². The fraction of sp³-hybridized carbons (Fsp3) is 0.357. The fourth-order valence-corrected chi connectivity index (χ4v) is 2.14. The minimum Gasteiger partial charge on any atom is -0.501 e. The van der Waals surface area contributed by atoms with Crippen molar-refractivity contribution in [1.82, 2.24) is 0 Å². The average Bonchev–Trinajstić information content (AvgIpc) is 2.38. The molecule has 96 valence electrons. The van der Waals surface area contributed by atoms with Gasteiger partial charge in [-0.25, -0.2) is 4.79 Å². The number of hydrogen-bond donors (Lipinski definition) is 0. The maximum atomic E-state index is 11.4. The zero-order valence-corrected chi connectivity index (χ0v) is 11.1. The maximum Gasteiger partial charge on any atom is 0.334 e. The van der Waals surface area contributed by atoms with E-state index < -0.39 is 0 Å². The molecule has 1 aliphatic heterocycles. The van der Waals surface area contributed by atoms with Crippen LogP contribution in [0.1, 0.15) is 24.8 Å². The Labute approximate surface area is 111 Å². The van der Waals surface area contributed by atoms with Crippen molar-refractivity contribution in [2.24, 2.45) is 0 Å². The van der Waals surface area contributed by atoms with Crippen LogP contribution in [0, 0.1) is 0 Å². The van der Waals surface area contributed by atoms with Crippen LogP contribution in [0.25, 0.3) is 0 Å². The Bertz CT molecular complexity index is 464. The first-order chi connectivity index (χ1) is 8.60. The highest BCUT2D eigenvalue weighted by Gasteiger charge is 2.28. The van der Waals surface area contributed by atoms with Crippen LogP contribution in [-0.4, -0.2) is 19.2 Å². The second kappa shape index (κ2) is 5.44. The summed E-state index contributed by atoms with van der Waals surface area (Å²) in [6, 6.07) is 7.58. The first-order valence-corrected chi connectivity index (χ1v) is 6.18. The summed E-state index contributed by atoms with van der Waals surface area (Å²) in [5.41, 5.74) is 1.09. The molecule has 2 rings (SSSR count). The van der Waals surface area contributed by atoms with E-state index in [1.54, 1.807) is 7.11 Å². The van der Waals surface area contributed by atoms with E-state index in [-0.39, 0.29) is 18.0 Å². The van der Waals surface area contributed by atoms with Gasteiger partial charge in [-0.2, -0.15) is 0 Å². The molecule has 0 saturated heterocycles. The van der Waals surface area contributed by atoms with Gasteiger partial charge in [0.25, 0.3) is 0 Å². The summed E-state index contributed by atoms with van der Waals surface area (Å²) in [5.74, 6) is 0.422. The van der Waals surface area contributed by atoms with Gasteiger partial charge in [0, 0.05) is 17.4 Å². The van der Waals surface area contributed by atoms with Crippen LogP contribution < -0.4 is 0 Å². The van der Waals surface area contributed by atoms with Gasteiger partial charge in [-0.15, -0.1) is 0 Å². The lowest BCUT2D eigenvalue weighted by Crippen LogP contribution is -2.28. The molecule has 1 aliphatic rings. The zero-order chi connectivity index (χ0) is 13.1. The highest BCUT2D eigenvalue weighted by atomic mass is 35.5. The third-order valence-electron chi connectivity index (χ3n) is 3.16. The van der Waals surface area contributed by atoms with Gasteiger partial charge >= 0.3 is 5.97 Å². The predicted molar refractivity (Wildman–Crippen MR) is 69.5 cm³/mol. The minimum absolute atomic E-state index is 0.102. The molecule has 0 saturated carbocycles. The Morgan fingerprint density at radius 1 is 1.39 bits per heavy atom. The van der Waals surface area contributed by atoms with Gasteiger partial charge in [-0.1, -0.05) is 30.7 Å². The van der Waals surface area contributed by atoms with Crippen molar-refractivity contribution in [2.75, 3.05) is 7.11 Å². The summed E-state index contributed by atoms with van der Waals surface area (Å²) >= 11 is 5.86. The van der Waals surface area contributed by atoms with E-state index in [0.717, 1.165) is 5.56 Å². The molecule has 1 heterocycles. The molecular weight excluding hydrogens is 252 g/mol. The van der Waals surface area contributed by atoms with Crippen LogP contribution in [0.2, 0.25) is 5.02 Å².